The number of carbonyl (C=O) groups is 1. The predicted octanol–water partition coefficient (Wildman–Crippen LogP) is 5.85. The number of rotatable bonds is 6. The molecule has 156 valence electrons. The Labute approximate surface area is 186 Å². The summed E-state index contributed by atoms with van der Waals surface area (Å²) in [6.07, 6.45) is 3.33. The lowest BCUT2D eigenvalue weighted by Gasteiger charge is -2.37. The van der Waals surface area contributed by atoms with Crippen molar-refractivity contribution in [1.29, 1.82) is 0 Å². The molecule has 3 aromatic rings. The molecule has 4 atom stereocenters. The van der Waals surface area contributed by atoms with Crippen LogP contribution < -0.4 is 0 Å². The Hall–Kier alpha value is -3.24. The average molecular weight is 432 g/mol. The van der Waals surface area contributed by atoms with Crippen molar-refractivity contribution in [2.75, 3.05) is 0 Å². The zero-order valence-electron chi connectivity index (χ0n) is 16.8. The lowest BCUT2D eigenvalue weighted by Crippen LogP contribution is -2.42. The van der Waals surface area contributed by atoms with Crippen LogP contribution in [-0.4, -0.2) is 17.3 Å². The molecular formula is C26H22ClNO3. The van der Waals surface area contributed by atoms with E-state index >= 15 is 0 Å². The SMILES string of the molecule is O=CC1=C[C@@H](Cc2ccccc2)[C@H](c2ccc(Cl)cc2)[C@H]([N+](=O)[O-])[C@H]1c1ccccc1. The van der Waals surface area contributed by atoms with E-state index in [2.05, 4.69) is 0 Å². The number of allylic oxidation sites excluding steroid dienone is 1. The van der Waals surface area contributed by atoms with Gasteiger partial charge in [0.2, 0.25) is 6.04 Å². The van der Waals surface area contributed by atoms with Crippen molar-refractivity contribution >= 4 is 17.9 Å². The molecule has 1 aliphatic carbocycles. The van der Waals surface area contributed by atoms with Crippen LogP contribution in [0.25, 0.3) is 0 Å². The van der Waals surface area contributed by atoms with Crippen LogP contribution in [0, 0.1) is 16.0 Å². The number of nitrogens with zero attached hydrogens (tertiary/aromatic N) is 1. The molecule has 0 aliphatic heterocycles. The van der Waals surface area contributed by atoms with E-state index in [-0.39, 0.29) is 10.8 Å². The molecule has 0 saturated carbocycles. The molecule has 4 nitrogen and oxygen atoms in total. The minimum absolute atomic E-state index is 0.195. The second-order valence-electron chi connectivity index (χ2n) is 7.88. The summed E-state index contributed by atoms with van der Waals surface area (Å²) in [6, 6.07) is 25.5. The number of halogens is 1. The Kier molecular flexibility index (Phi) is 6.28. The Morgan fingerprint density at radius 3 is 2.06 bits per heavy atom. The first-order chi connectivity index (χ1) is 15.1. The van der Waals surface area contributed by atoms with Crippen molar-refractivity contribution in [2.24, 2.45) is 5.92 Å². The summed E-state index contributed by atoms with van der Waals surface area (Å²) < 4.78 is 0. The predicted molar refractivity (Wildman–Crippen MR) is 122 cm³/mol. The van der Waals surface area contributed by atoms with Crippen molar-refractivity contribution in [3.63, 3.8) is 0 Å². The maximum Gasteiger partial charge on any atom is 0.231 e. The molecule has 5 heteroatoms. The van der Waals surface area contributed by atoms with Gasteiger partial charge in [0, 0.05) is 15.5 Å². The highest BCUT2D eigenvalue weighted by molar-refractivity contribution is 6.30. The van der Waals surface area contributed by atoms with Crippen LogP contribution in [0.3, 0.4) is 0 Å². The maximum absolute atomic E-state index is 12.5. The molecule has 0 saturated heterocycles. The molecule has 0 unspecified atom stereocenters. The zero-order chi connectivity index (χ0) is 21.8. The van der Waals surface area contributed by atoms with Gasteiger partial charge in [0.05, 0.1) is 11.8 Å². The largest absolute Gasteiger partial charge is 0.298 e. The maximum atomic E-state index is 12.5. The Morgan fingerprint density at radius 2 is 1.48 bits per heavy atom. The third-order valence-corrected chi connectivity index (χ3v) is 6.30. The van der Waals surface area contributed by atoms with Crippen LogP contribution in [-0.2, 0) is 11.2 Å². The first kappa shape index (κ1) is 21.0. The topological polar surface area (TPSA) is 60.2 Å². The highest BCUT2D eigenvalue weighted by atomic mass is 35.5. The van der Waals surface area contributed by atoms with Crippen molar-refractivity contribution in [2.45, 2.75) is 24.3 Å². The van der Waals surface area contributed by atoms with Gasteiger partial charge < -0.3 is 0 Å². The van der Waals surface area contributed by atoms with E-state index in [9.17, 15) is 14.9 Å². The summed E-state index contributed by atoms with van der Waals surface area (Å²) in [6.45, 7) is 0. The summed E-state index contributed by atoms with van der Waals surface area (Å²) >= 11 is 6.09. The van der Waals surface area contributed by atoms with E-state index in [0.29, 0.717) is 17.0 Å². The van der Waals surface area contributed by atoms with Gasteiger partial charge in [-0.05, 0) is 41.2 Å². The smallest absolute Gasteiger partial charge is 0.231 e. The molecule has 31 heavy (non-hydrogen) atoms. The van der Waals surface area contributed by atoms with Crippen molar-refractivity contribution in [3.05, 3.63) is 128 Å². The summed E-state index contributed by atoms with van der Waals surface area (Å²) in [5, 5.41) is 13.1. The normalized spacial score (nSPS) is 23.1. The average Bonchev–Trinajstić information content (AvgIpc) is 2.80. The summed E-state index contributed by atoms with van der Waals surface area (Å²) in [7, 11) is 0. The van der Waals surface area contributed by atoms with Gasteiger partial charge in [-0.2, -0.15) is 0 Å². The fraction of sp³-hybridized carbons (Fsp3) is 0.192. The highest BCUT2D eigenvalue weighted by Crippen LogP contribution is 2.46. The van der Waals surface area contributed by atoms with E-state index in [0.717, 1.165) is 23.0 Å². The second-order valence-corrected chi connectivity index (χ2v) is 8.32. The monoisotopic (exact) mass is 431 g/mol. The first-order valence-corrected chi connectivity index (χ1v) is 10.6. The number of aldehydes is 1. The molecule has 0 aromatic heterocycles. The lowest BCUT2D eigenvalue weighted by atomic mass is 9.65. The standard InChI is InChI=1S/C26H22ClNO3/c27-23-13-11-20(12-14-23)24-21(15-18-7-3-1-4-8-18)16-22(17-29)25(26(24)28(30)31)19-9-5-2-6-10-19/h1-14,16-17,21,24-26H,15H2/t21-,24+,25+,26+/m1/s1. The number of hydrogen-bond donors (Lipinski definition) is 0. The van der Waals surface area contributed by atoms with Gasteiger partial charge in [0.15, 0.2) is 0 Å². The first-order valence-electron chi connectivity index (χ1n) is 10.2. The third-order valence-electron chi connectivity index (χ3n) is 6.04. The number of hydrogen-bond acceptors (Lipinski definition) is 3. The minimum Gasteiger partial charge on any atom is -0.298 e. The lowest BCUT2D eigenvalue weighted by molar-refractivity contribution is -0.531. The molecule has 0 amide bonds. The molecule has 1 aliphatic rings. The molecule has 0 bridgehead atoms. The quantitative estimate of drug-likeness (QED) is 0.279. The fourth-order valence-corrected chi connectivity index (χ4v) is 4.86. The summed E-state index contributed by atoms with van der Waals surface area (Å²) in [5.41, 5.74) is 3.18. The van der Waals surface area contributed by atoms with Gasteiger partial charge in [-0.3, -0.25) is 14.9 Å². The molecule has 0 spiro atoms. The second kappa shape index (κ2) is 9.27. The summed E-state index contributed by atoms with van der Waals surface area (Å²) in [4.78, 5) is 24.4. The molecule has 0 N–H and O–H groups in total. The van der Waals surface area contributed by atoms with Gasteiger partial charge in [-0.1, -0.05) is 90.5 Å². The molecule has 0 fully saturated rings. The molecule has 0 radical (unpaired) electrons. The molecular weight excluding hydrogens is 410 g/mol. The van der Waals surface area contributed by atoms with Crippen molar-refractivity contribution < 1.29 is 9.72 Å². The molecule has 0 heterocycles. The van der Waals surface area contributed by atoms with Crippen LogP contribution in [0.2, 0.25) is 5.02 Å². The molecule has 4 rings (SSSR count). The third kappa shape index (κ3) is 4.44. The fourth-order valence-electron chi connectivity index (χ4n) is 4.73. The van der Waals surface area contributed by atoms with Crippen LogP contribution in [0.5, 0.6) is 0 Å². The van der Waals surface area contributed by atoms with Gasteiger partial charge >= 0.3 is 0 Å². The highest BCUT2D eigenvalue weighted by Gasteiger charge is 2.48. The van der Waals surface area contributed by atoms with Gasteiger partial charge in [-0.15, -0.1) is 0 Å². The van der Waals surface area contributed by atoms with E-state index in [4.69, 9.17) is 11.6 Å². The Bertz CT molecular complexity index is 1080. The number of carbonyl (C=O) groups excluding carboxylic acids is 1. The van der Waals surface area contributed by atoms with Crippen molar-refractivity contribution in [3.8, 4) is 0 Å². The van der Waals surface area contributed by atoms with E-state index in [1.54, 1.807) is 12.1 Å². The summed E-state index contributed by atoms with van der Waals surface area (Å²) in [5.74, 6) is -1.21. The number of benzene rings is 3. The molecule has 3 aromatic carbocycles. The Morgan fingerprint density at radius 1 is 0.871 bits per heavy atom. The van der Waals surface area contributed by atoms with Crippen LogP contribution >= 0.6 is 11.6 Å². The van der Waals surface area contributed by atoms with Gasteiger partial charge in [-0.25, -0.2) is 0 Å². The van der Waals surface area contributed by atoms with E-state index in [1.807, 2.05) is 78.9 Å². The minimum atomic E-state index is -0.970. The van der Waals surface area contributed by atoms with Crippen LogP contribution in [0.1, 0.15) is 28.5 Å². The number of nitro groups is 1. The van der Waals surface area contributed by atoms with Crippen LogP contribution in [0.15, 0.2) is 96.6 Å². The van der Waals surface area contributed by atoms with E-state index in [1.165, 1.54) is 0 Å². The van der Waals surface area contributed by atoms with Crippen LogP contribution in [0.4, 0.5) is 0 Å². The van der Waals surface area contributed by atoms with Gasteiger partial charge in [0.1, 0.15) is 6.29 Å². The van der Waals surface area contributed by atoms with Crippen molar-refractivity contribution in [1.82, 2.24) is 0 Å². The van der Waals surface area contributed by atoms with E-state index < -0.39 is 17.9 Å². The zero-order valence-corrected chi connectivity index (χ0v) is 17.6. The Balaban J connectivity index is 1.88. The van der Waals surface area contributed by atoms with Gasteiger partial charge in [0.25, 0.3) is 0 Å².